The van der Waals surface area contributed by atoms with Crippen molar-refractivity contribution in [1.29, 1.82) is 0 Å². The van der Waals surface area contributed by atoms with E-state index in [1.165, 1.54) is 6.08 Å². The van der Waals surface area contributed by atoms with Crippen molar-refractivity contribution in [2.75, 3.05) is 13.6 Å². The molecule has 0 aromatic heterocycles. The molecule has 0 aromatic carbocycles. The molecule has 0 saturated heterocycles. The summed E-state index contributed by atoms with van der Waals surface area (Å²) in [7, 11) is 1.75. The van der Waals surface area contributed by atoms with Crippen LogP contribution in [0.2, 0.25) is 0 Å². The number of carboxylic acid groups (broad SMARTS) is 1. The van der Waals surface area contributed by atoms with E-state index in [1.807, 2.05) is 6.92 Å². The van der Waals surface area contributed by atoms with Crippen LogP contribution in [-0.4, -0.2) is 35.6 Å². The van der Waals surface area contributed by atoms with Gasteiger partial charge in [0.15, 0.2) is 0 Å². The summed E-state index contributed by atoms with van der Waals surface area (Å²) in [5.41, 5.74) is 0. The first kappa shape index (κ1) is 9.17. The lowest BCUT2D eigenvalue weighted by Gasteiger charge is -2.18. The molecule has 0 aliphatic rings. The maximum atomic E-state index is 10.4. The standard InChI is InChI=1S/C7H13NO2/c1-4-6(7(9)10)8(3)5-2/h4,6H,1,5H2,2-3H3,(H,9,10). The van der Waals surface area contributed by atoms with Crippen LogP contribution in [0.1, 0.15) is 6.92 Å². The molecule has 0 aromatic rings. The van der Waals surface area contributed by atoms with E-state index in [0.29, 0.717) is 6.54 Å². The Labute approximate surface area is 61.0 Å². The summed E-state index contributed by atoms with van der Waals surface area (Å²) in [6, 6.07) is -0.551. The van der Waals surface area contributed by atoms with E-state index >= 15 is 0 Å². The quantitative estimate of drug-likeness (QED) is 0.585. The summed E-state index contributed by atoms with van der Waals surface area (Å²) in [6.45, 7) is 6.04. The molecule has 1 unspecified atom stereocenters. The van der Waals surface area contributed by atoms with Crippen LogP contribution in [-0.2, 0) is 4.79 Å². The van der Waals surface area contributed by atoms with E-state index in [1.54, 1.807) is 11.9 Å². The van der Waals surface area contributed by atoms with E-state index in [9.17, 15) is 4.79 Å². The lowest BCUT2D eigenvalue weighted by atomic mass is 10.2. The van der Waals surface area contributed by atoms with Crippen molar-refractivity contribution in [2.45, 2.75) is 13.0 Å². The van der Waals surface area contributed by atoms with Gasteiger partial charge >= 0.3 is 5.97 Å². The average Bonchev–Trinajstić information content (AvgIpc) is 1.88. The van der Waals surface area contributed by atoms with Crippen molar-refractivity contribution in [1.82, 2.24) is 4.90 Å². The van der Waals surface area contributed by atoms with Crippen molar-refractivity contribution in [3.8, 4) is 0 Å². The fourth-order valence-corrected chi connectivity index (χ4v) is 0.666. The molecule has 0 spiro atoms. The molecule has 10 heavy (non-hydrogen) atoms. The number of aliphatic carboxylic acids is 1. The molecule has 0 saturated carbocycles. The minimum Gasteiger partial charge on any atom is -0.480 e. The molecule has 0 fully saturated rings. The monoisotopic (exact) mass is 143 g/mol. The van der Waals surface area contributed by atoms with E-state index in [4.69, 9.17) is 5.11 Å². The molecule has 3 heteroatoms. The zero-order valence-corrected chi connectivity index (χ0v) is 6.37. The number of nitrogens with zero attached hydrogens (tertiary/aromatic N) is 1. The molecule has 0 bridgehead atoms. The van der Waals surface area contributed by atoms with Crippen LogP contribution in [0.4, 0.5) is 0 Å². The van der Waals surface area contributed by atoms with Crippen LogP contribution in [0.3, 0.4) is 0 Å². The SMILES string of the molecule is C=CC(C(=O)O)N(C)CC. The number of carbonyl (C=O) groups is 1. The molecule has 0 aliphatic carbocycles. The summed E-state index contributed by atoms with van der Waals surface area (Å²) >= 11 is 0. The van der Waals surface area contributed by atoms with Gasteiger partial charge in [0.2, 0.25) is 0 Å². The van der Waals surface area contributed by atoms with Gasteiger partial charge in [-0.25, -0.2) is 0 Å². The van der Waals surface area contributed by atoms with Gasteiger partial charge in [-0.05, 0) is 13.6 Å². The molecule has 3 nitrogen and oxygen atoms in total. The fourth-order valence-electron chi connectivity index (χ4n) is 0.666. The first-order valence-electron chi connectivity index (χ1n) is 3.19. The van der Waals surface area contributed by atoms with Crippen LogP contribution in [0.25, 0.3) is 0 Å². The molecule has 0 heterocycles. The molecule has 0 rings (SSSR count). The molecule has 1 atom stereocenters. The first-order chi connectivity index (χ1) is 4.63. The fraction of sp³-hybridized carbons (Fsp3) is 0.571. The Morgan fingerprint density at radius 1 is 1.90 bits per heavy atom. The highest BCUT2D eigenvalue weighted by atomic mass is 16.4. The van der Waals surface area contributed by atoms with Crippen molar-refractivity contribution in [2.24, 2.45) is 0 Å². The van der Waals surface area contributed by atoms with Gasteiger partial charge in [0.1, 0.15) is 6.04 Å². The molecular formula is C7H13NO2. The number of carboxylic acids is 1. The molecule has 0 amide bonds. The smallest absolute Gasteiger partial charge is 0.324 e. The maximum absolute atomic E-state index is 10.4. The van der Waals surface area contributed by atoms with Crippen molar-refractivity contribution < 1.29 is 9.90 Å². The first-order valence-corrected chi connectivity index (χ1v) is 3.19. The summed E-state index contributed by atoms with van der Waals surface area (Å²) in [5, 5.41) is 8.56. The topological polar surface area (TPSA) is 40.5 Å². The Hall–Kier alpha value is -0.830. The van der Waals surface area contributed by atoms with Crippen LogP contribution >= 0.6 is 0 Å². The largest absolute Gasteiger partial charge is 0.480 e. The third-order valence-corrected chi connectivity index (χ3v) is 1.45. The second-order valence-electron chi connectivity index (χ2n) is 2.09. The van der Waals surface area contributed by atoms with Crippen molar-refractivity contribution >= 4 is 5.97 Å². The predicted octanol–water partition coefficient (Wildman–Crippen LogP) is 0.577. The van der Waals surface area contributed by atoms with Crippen molar-refractivity contribution in [3.63, 3.8) is 0 Å². The van der Waals surface area contributed by atoms with Gasteiger partial charge in [-0.15, -0.1) is 6.58 Å². The van der Waals surface area contributed by atoms with Gasteiger partial charge in [0.25, 0.3) is 0 Å². The van der Waals surface area contributed by atoms with E-state index in [2.05, 4.69) is 6.58 Å². The average molecular weight is 143 g/mol. The normalized spacial score (nSPS) is 13.1. The van der Waals surface area contributed by atoms with Gasteiger partial charge in [-0.3, -0.25) is 9.69 Å². The lowest BCUT2D eigenvalue weighted by Crippen LogP contribution is -2.36. The Balaban J connectivity index is 4.05. The Morgan fingerprint density at radius 2 is 2.40 bits per heavy atom. The minimum absolute atomic E-state index is 0.551. The Morgan fingerprint density at radius 3 is 2.50 bits per heavy atom. The van der Waals surface area contributed by atoms with Gasteiger partial charge in [-0.1, -0.05) is 13.0 Å². The second kappa shape index (κ2) is 4.06. The van der Waals surface area contributed by atoms with Crippen LogP contribution in [0, 0.1) is 0 Å². The van der Waals surface area contributed by atoms with Gasteiger partial charge < -0.3 is 5.11 Å². The van der Waals surface area contributed by atoms with Crippen LogP contribution in [0.15, 0.2) is 12.7 Å². The van der Waals surface area contributed by atoms with Crippen LogP contribution < -0.4 is 0 Å². The summed E-state index contributed by atoms with van der Waals surface area (Å²) in [4.78, 5) is 12.1. The molecule has 1 N–H and O–H groups in total. The molecular weight excluding hydrogens is 130 g/mol. The zero-order chi connectivity index (χ0) is 8.15. The Kier molecular flexibility index (Phi) is 3.72. The highest BCUT2D eigenvalue weighted by Gasteiger charge is 2.16. The third-order valence-electron chi connectivity index (χ3n) is 1.45. The Bertz CT molecular complexity index is 134. The predicted molar refractivity (Wildman–Crippen MR) is 39.9 cm³/mol. The van der Waals surface area contributed by atoms with E-state index in [-0.39, 0.29) is 0 Å². The van der Waals surface area contributed by atoms with Gasteiger partial charge in [0.05, 0.1) is 0 Å². The number of likely N-dealkylation sites (N-methyl/N-ethyl adjacent to an activating group) is 1. The highest BCUT2D eigenvalue weighted by molar-refractivity contribution is 5.75. The maximum Gasteiger partial charge on any atom is 0.324 e. The summed E-state index contributed by atoms with van der Waals surface area (Å²) in [6.07, 6.45) is 1.42. The molecule has 0 aliphatic heterocycles. The van der Waals surface area contributed by atoms with Crippen molar-refractivity contribution in [3.05, 3.63) is 12.7 Å². The number of hydrogen-bond donors (Lipinski definition) is 1. The van der Waals surface area contributed by atoms with Gasteiger partial charge in [-0.2, -0.15) is 0 Å². The van der Waals surface area contributed by atoms with E-state index in [0.717, 1.165) is 0 Å². The molecule has 0 radical (unpaired) electrons. The van der Waals surface area contributed by atoms with Gasteiger partial charge in [0, 0.05) is 0 Å². The summed E-state index contributed by atoms with van der Waals surface area (Å²) in [5.74, 6) is -0.848. The summed E-state index contributed by atoms with van der Waals surface area (Å²) < 4.78 is 0. The van der Waals surface area contributed by atoms with E-state index < -0.39 is 12.0 Å². The number of hydrogen-bond acceptors (Lipinski definition) is 2. The lowest BCUT2D eigenvalue weighted by molar-refractivity contribution is -0.140. The minimum atomic E-state index is -0.848. The van der Waals surface area contributed by atoms with Crippen LogP contribution in [0.5, 0.6) is 0 Å². The number of rotatable bonds is 4. The molecule has 58 valence electrons. The second-order valence-corrected chi connectivity index (χ2v) is 2.09. The zero-order valence-electron chi connectivity index (χ0n) is 6.37. The third kappa shape index (κ3) is 2.19. The highest BCUT2D eigenvalue weighted by Crippen LogP contribution is 1.95.